The summed E-state index contributed by atoms with van der Waals surface area (Å²) in [6.45, 7) is 0. The molecule has 2 N–H and O–H groups in total. The van der Waals surface area contributed by atoms with Crippen LogP contribution < -0.4 is 10.6 Å². The maximum Gasteiger partial charge on any atom is 0.416 e. The van der Waals surface area contributed by atoms with Gasteiger partial charge in [0, 0.05) is 24.5 Å². The van der Waals surface area contributed by atoms with E-state index >= 15 is 0 Å². The third-order valence-corrected chi connectivity index (χ3v) is 4.46. The smallest absolute Gasteiger partial charge is 0.326 e. The number of anilines is 1. The molecule has 1 saturated heterocycles. The lowest BCUT2D eigenvalue weighted by atomic mass is 10.2. The summed E-state index contributed by atoms with van der Waals surface area (Å²) < 4.78 is 38.1. The van der Waals surface area contributed by atoms with Crippen molar-refractivity contribution in [1.82, 2.24) is 15.3 Å². The molecule has 2 aromatic rings. The molecule has 0 saturated carbocycles. The molecule has 7 nitrogen and oxygen atoms in total. The SMILES string of the molecule is O=C(CC1S/C(=N\c2ncccn2)NC1=O)Nc1cccc(C(F)(F)F)c1. The number of aromatic nitrogens is 2. The lowest BCUT2D eigenvalue weighted by molar-refractivity contribution is -0.137. The molecular weight excluding hydrogens is 383 g/mol. The van der Waals surface area contributed by atoms with Crippen molar-refractivity contribution in [3.05, 3.63) is 48.3 Å². The summed E-state index contributed by atoms with van der Waals surface area (Å²) in [7, 11) is 0. The Morgan fingerprint density at radius 1 is 1.26 bits per heavy atom. The number of hydrogen-bond donors (Lipinski definition) is 2. The first-order chi connectivity index (χ1) is 12.8. The van der Waals surface area contributed by atoms with E-state index in [0.29, 0.717) is 0 Å². The standard InChI is InChI=1S/C16H12F3N5O2S/c17-16(18,19)9-3-1-4-10(7-9)22-12(25)8-11-13(26)23-15(27-11)24-14-20-5-2-6-21-14/h1-7,11H,8H2,(H,22,25)(H,20,21,23,24,26). The highest BCUT2D eigenvalue weighted by Crippen LogP contribution is 2.31. The predicted molar refractivity (Wildman–Crippen MR) is 93.3 cm³/mol. The van der Waals surface area contributed by atoms with Gasteiger partial charge in [-0.3, -0.25) is 9.59 Å². The van der Waals surface area contributed by atoms with Crippen molar-refractivity contribution in [1.29, 1.82) is 0 Å². The third kappa shape index (κ3) is 5.03. The number of alkyl halides is 3. The van der Waals surface area contributed by atoms with Crippen LogP contribution in [0.2, 0.25) is 0 Å². The molecule has 0 bridgehead atoms. The molecule has 2 heterocycles. The van der Waals surface area contributed by atoms with Crippen molar-refractivity contribution >= 4 is 40.4 Å². The minimum atomic E-state index is -4.51. The van der Waals surface area contributed by atoms with E-state index in [0.717, 1.165) is 23.9 Å². The number of thioether (sulfide) groups is 1. The first-order valence-electron chi connectivity index (χ1n) is 7.61. The van der Waals surface area contributed by atoms with Crippen LogP contribution in [0.3, 0.4) is 0 Å². The fourth-order valence-corrected chi connectivity index (χ4v) is 3.15. The van der Waals surface area contributed by atoms with Gasteiger partial charge in [-0.2, -0.15) is 18.2 Å². The van der Waals surface area contributed by atoms with Crippen molar-refractivity contribution in [2.45, 2.75) is 17.8 Å². The van der Waals surface area contributed by atoms with Gasteiger partial charge < -0.3 is 10.6 Å². The summed E-state index contributed by atoms with van der Waals surface area (Å²) in [5, 5.41) is 4.39. The van der Waals surface area contributed by atoms with Crippen LogP contribution in [0.15, 0.2) is 47.7 Å². The van der Waals surface area contributed by atoms with Crippen LogP contribution in [0.5, 0.6) is 0 Å². The van der Waals surface area contributed by atoms with Crippen LogP contribution in [0.1, 0.15) is 12.0 Å². The maximum absolute atomic E-state index is 12.7. The van der Waals surface area contributed by atoms with Crippen molar-refractivity contribution in [2.75, 3.05) is 5.32 Å². The number of amidine groups is 1. The van der Waals surface area contributed by atoms with Crippen LogP contribution in [-0.4, -0.2) is 32.2 Å². The summed E-state index contributed by atoms with van der Waals surface area (Å²) in [4.78, 5) is 35.9. The number of halogens is 3. The molecule has 0 spiro atoms. The van der Waals surface area contributed by atoms with Gasteiger partial charge in [0.25, 0.3) is 5.95 Å². The number of amides is 2. The Bertz CT molecular complexity index is 889. The molecule has 1 unspecified atom stereocenters. The largest absolute Gasteiger partial charge is 0.416 e. The van der Waals surface area contributed by atoms with E-state index in [9.17, 15) is 22.8 Å². The molecule has 1 aromatic carbocycles. The van der Waals surface area contributed by atoms with Gasteiger partial charge in [-0.25, -0.2) is 9.97 Å². The molecule has 2 amide bonds. The molecule has 1 aromatic heterocycles. The molecular formula is C16H12F3N5O2S. The average molecular weight is 395 g/mol. The Hall–Kier alpha value is -2.95. The number of carbonyl (C=O) groups excluding carboxylic acids is 2. The average Bonchev–Trinajstić information content (AvgIpc) is 2.94. The predicted octanol–water partition coefficient (Wildman–Crippen LogP) is 2.74. The highest BCUT2D eigenvalue weighted by Gasteiger charge is 2.33. The fraction of sp³-hybridized carbons (Fsp3) is 0.188. The molecule has 1 atom stereocenters. The zero-order valence-electron chi connectivity index (χ0n) is 13.5. The van der Waals surface area contributed by atoms with Gasteiger partial charge in [0.2, 0.25) is 11.8 Å². The minimum absolute atomic E-state index is 0.00445. The second kappa shape index (κ2) is 7.74. The van der Waals surface area contributed by atoms with Gasteiger partial charge in [0.15, 0.2) is 5.17 Å². The zero-order valence-corrected chi connectivity index (χ0v) is 14.3. The number of aliphatic imine (C=N–C) groups is 1. The lowest BCUT2D eigenvalue weighted by Crippen LogP contribution is -2.28. The maximum atomic E-state index is 12.7. The van der Waals surface area contributed by atoms with Crippen LogP contribution in [0, 0.1) is 0 Å². The summed E-state index contributed by atoms with van der Waals surface area (Å²) in [6.07, 6.45) is -1.74. The Morgan fingerprint density at radius 2 is 2.00 bits per heavy atom. The number of rotatable bonds is 4. The molecule has 3 rings (SSSR count). The van der Waals surface area contributed by atoms with Crippen LogP contribution in [0.25, 0.3) is 0 Å². The van der Waals surface area contributed by atoms with Crippen LogP contribution in [-0.2, 0) is 15.8 Å². The summed E-state index contributed by atoms with van der Waals surface area (Å²) in [5.74, 6) is -0.845. The van der Waals surface area contributed by atoms with E-state index in [-0.39, 0.29) is 23.2 Å². The van der Waals surface area contributed by atoms with Crippen LogP contribution in [0.4, 0.5) is 24.8 Å². The molecule has 1 aliphatic heterocycles. The molecule has 1 fully saturated rings. The van der Waals surface area contributed by atoms with Crippen molar-refractivity contribution in [2.24, 2.45) is 4.99 Å². The van der Waals surface area contributed by atoms with Crippen molar-refractivity contribution in [3.63, 3.8) is 0 Å². The van der Waals surface area contributed by atoms with E-state index in [1.165, 1.54) is 24.5 Å². The Balaban J connectivity index is 1.61. The van der Waals surface area contributed by atoms with Crippen molar-refractivity contribution in [3.8, 4) is 0 Å². The van der Waals surface area contributed by atoms with E-state index < -0.39 is 28.8 Å². The lowest BCUT2D eigenvalue weighted by Gasteiger charge is -2.10. The van der Waals surface area contributed by atoms with Gasteiger partial charge >= 0.3 is 6.18 Å². The molecule has 140 valence electrons. The Kier molecular flexibility index (Phi) is 5.40. The van der Waals surface area contributed by atoms with E-state index in [2.05, 4.69) is 25.6 Å². The normalized spacial score (nSPS) is 18.4. The Morgan fingerprint density at radius 3 is 2.70 bits per heavy atom. The number of hydrogen-bond acceptors (Lipinski definition) is 6. The van der Waals surface area contributed by atoms with Gasteiger partial charge in [0.1, 0.15) is 5.25 Å². The van der Waals surface area contributed by atoms with E-state index in [1.54, 1.807) is 6.07 Å². The van der Waals surface area contributed by atoms with Gasteiger partial charge in [-0.15, -0.1) is 0 Å². The van der Waals surface area contributed by atoms with Gasteiger partial charge in [-0.05, 0) is 24.3 Å². The van der Waals surface area contributed by atoms with E-state index in [1.807, 2.05) is 0 Å². The molecule has 0 aliphatic carbocycles. The highest BCUT2D eigenvalue weighted by molar-refractivity contribution is 8.15. The fourth-order valence-electron chi connectivity index (χ4n) is 2.19. The van der Waals surface area contributed by atoms with Crippen LogP contribution >= 0.6 is 11.8 Å². The summed E-state index contributed by atoms with van der Waals surface area (Å²) >= 11 is 1.03. The summed E-state index contributed by atoms with van der Waals surface area (Å²) in [6, 6.07) is 5.89. The third-order valence-electron chi connectivity index (χ3n) is 3.37. The number of benzene rings is 1. The molecule has 0 radical (unpaired) electrons. The number of nitrogens with zero attached hydrogens (tertiary/aromatic N) is 3. The topological polar surface area (TPSA) is 96.3 Å². The quantitative estimate of drug-likeness (QED) is 0.830. The highest BCUT2D eigenvalue weighted by atomic mass is 32.2. The Labute approximate surface area is 155 Å². The van der Waals surface area contributed by atoms with Crippen molar-refractivity contribution < 1.29 is 22.8 Å². The van der Waals surface area contributed by atoms with E-state index in [4.69, 9.17) is 0 Å². The second-order valence-electron chi connectivity index (χ2n) is 5.39. The number of nitrogens with one attached hydrogen (secondary N) is 2. The monoisotopic (exact) mass is 395 g/mol. The summed E-state index contributed by atoms with van der Waals surface area (Å²) in [5.41, 5.74) is -0.865. The molecule has 27 heavy (non-hydrogen) atoms. The number of carbonyl (C=O) groups is 2. The zero-order chi connectivity index (χ0) is 19.4. The molecule has 11 heteroatoms. The second-order valence-corrected chi connectivity index (χ2v) is 6.58. The first-order valence-corrected chi connectivity index (χ1v) is 8.49. The molecule has 1 aliphatic rings. The van der Waals surface area contributed by atoms with Gasteiger partial charge in [0.05, 0.1) is 5.56 Å². The van der Waals surface area contributed by atoms with Gasteiger partial charge in [-0.1, -0.05) is 17.8 Å². The minimum Gasteiger partial charge on any atom is -0.326 e. The first kappa shape index (κ1) is 18.8.